The zero-order valence-corrected chi connectivity index (χ0v) is 8.81. The van der Waals surface area contributed by atoms with Crippen molar-refractivity contribution in [3.8, 4) is 0 Å². The molecule has 0 aliphatic carbocycles. The van der Waals surface area contributed by atoms with Crippen LogP contribution in [0, 0.1) is 0 Å². The topological polar surface area (TPSA) is 0 Å². The molecule has 0 spiro atoms. The van der Waals surface area contributed by atoms with Crippen molar-refractivity contribution in [3.05, 3.63) is 29.8 Å². The van der Waals surface area contributed by atoms with Crippen LogP contribution in [0.4, 0.5) is 28.7 Å². The van der Waals surface area contributed by atoms with Crippen molar-refractivity contribution < 1.29 is 28.7 Å². The summed E-state index contributed by atoms with van der Waals surface area (Å²) in [5.74, 6) is 0. The van der Waals surface area contributed by atoms with E-state index in [0.717, 1.165) is 0 Å². The Labute approximate surface area is 89.9 Å². The first-order chi connectivity index (χ1) is 6.70. The average molecular weight is 289 g/mol. The molecule has 94 valence electrons. The Hall–Kier alpha value is -0.630. The second-order valence-electron chi connectivity index (χ2n) is 2.99. The summed E-state index contributed by atoms with van der Waals surface area (Å²) in [5, 5.41) is 0. The van der Waals surface area contributed by atoms with Crippen molar-refractivity contribution in [1.82, 2.24) is 0 Å². The van der Waals surface area contributed by atoms with Gasteiger partial charge in [-0.1, -0.05) is 6.07 Å². The lowest BCUT2D eigenvalue weighted by Crippen LogP contribution is -2.09. The third-order valence-electron chi connectivity index (χ3n) is 1.61. The molecule has 0 radical (unpaired) electrons. The summed E-state index contributed by atoms with van der Waals surface area (Å²) >= 11 is 0. The molecule has 0 aliphatic rings. The van der Waals surface area contributed by atoms with E-state index >= 15 is 0 Å². The molecule has 0 saturated carbocycles. The van der Waals surface area contributed by atoms with E-state index < -0.39 is 25.7 Å². The molecule has 0 bridgehead atoms. The van der Waals surface area contributed by atoms with Crippen LogP contribution < -0.4 is 0 Å². The van der Waals surface area contributed by atoms with Crippen molar-refractivity contribution >= 4 is 19.7 Å². The van der Waals surface area contributed by atoms with Gasteiger partial charge in [-0.15, -0.1) is 15.5 Å². The van der Waals surface area contributed by atoms with Gasteiger partial charge in [0.05, 0.1) is 10.5 Å². The van der Waals surface area contributed by atoms with Gasteiger partial charge in [0, 0.05) is 10.7 Å². The van der Waals surface area contributed by atoms with Crippen molar-refractivity contribution in [3.63, 3.8) is 0 Å². The lowest BCUT2D eigenvalue weighted by atomic mass is 10.2. The van der Waals surface area contributed by atoms with E-state index in [0.29, 0.717) is 12.1 Å². The van der Waals surface area contributed by atoms with E-state index in [1.165, 1.54) is 0 Å². The van der Waals surface area contributed by atoms with Gasteiger partial charge in [-0.05, 0) is 18.2 Å². The van der Waals surface area contributed by atoms with Crippen LogP contribution in [-0.2, 0) is 6.18 Å². The molecule has 0 heterocycles. The Morgan fingerprint density at radius 1 is 1.00 bits per heavy atom. The maximum Gasteiger partial charge on any atom is 0.416 e. The zero-order valence-electron chi connectivity index (χ0n) is 7.24. The van der Waals surface area contributed by atoms with E-state index in [-0.39, 0.29) is 12.1 Å². The molecule has 0 nitrogen and oxygen atoms in total. The summed E-state index contributed by atoms with van der Waals surface area (Å²) in [6.07, 6.45) is -4.99. The van der Waals surface area contributed by atoms with Crippen molar-refractivity contribution in [2.75, 3.05) is 0 Å². The number of alkyl halides is 3. The molecule has 0 fully saturated rings. The summed E-state index contributed by atoms with van der Waals surface area (Å²) in [4.78, 5) is -2.11. The van der Waals surface area contributed by atoms with Crippen LogP contribution in [0.3, 0.4) is 0 Å². The Kier molecular flexibility index (Phi) is 2.34. The van der Waals surface area contributed by atoms with Crippen LogP contribution in [0.1, 0.15) is 5.56 Å². The largest absolute Gasteiger partial charge is 0.416 e. The van der Waals surface area contributed by atoms with Gasteiger partial charge in [-0.3, -0.25) is 0 Å². The van der Waals surface area contributed by atoms with Crippen molar-refractivity contribution in [2.24, 2.45) is 0 Å². The molecular weight excluding hydrogens is 285 g/mol. The molecule has 0 atom stereocenters. The Balaban J connectivity index is 3.43. The molecule has 1 rings (SSSR count). The quantitative estimate of drug-likeness (QED) is 0.587. The van der Waals surface area contributed by atoms with Gasteiger partial charge >= 0.3 is 6.18 Å². The first-order valence-corrected chi connectivity index (χ1v) is 6.49. The minimum Gasteiger partial charge on any atom is -0.166 e. The molecule has 9 heteroatoms. The van der Waals surface area contributed by atoms with Gasteiger partial charge in [0.1, 0.15) is 0 Å². The molecule has 0 aliphatic heterocycles. The van der Waals surface area contributed by atoms with Crippen molar-refractivity contribution in [1.29, 1.82) is 0 Å². The van der Waals surface area contributed by atoms with Crippen LogP contribution in [0.2, 0.25) is 0 Å². The SMILES string of the molecule is FC(F)(F)c1cccc(S(F)(F)(F)(F)Cl)c1. The number of halogens is 8. The number of rotatable bonds is 1. The van der Waals surface area contributed by atoms with E-state index in [4.69, 9.17) is 0 Å². The molecule has 1 aromatic carbocycles. The predicted octanol–water partition coefficient (Wildman–Crippen LogP) is 5.63. The van der Waals surface area contributed by atoms with Gasteiger partial charge < -0.3 is 0 Å². The lowest BCUT2D eigenvalue weighted by molar-refractivity contribution is -0.137. The van der Waals surface area contributed by atoms with Gasteiger partial charge in [0.25, 0.3) is 9.05 Å². The van der Waals surface area contributed by atoms with Crippen LogP contribution in [0.5, 0.6) is 0 Å². The highest BCUT2D eigenvalue weighted by atomic mass is 35.7. The number of benzene rings is 1. The third-order valence-corrected chi connectivity index (χ3v) is 3.29. The summed E-state index contributed by atoms with van der Waals surface area (Å²) in [5.41, 5.74) is -1.61. The molecule has 16 heavy (non-hydrogen) atoms. The summed E-state index contributed by atoms with van der Waals surface area (Å²) < 4.78 is 86.6. The van der Waals surface area contributed by atoms with Gasteiger partial charge in [-0.25, -0.2) is 0 Å². The highest BCUT2D eigenvalue weighted by molar-refractivity contribution is 8.65. The lowest BCUT2D eigenvalue weighted by Gasteiger charge is -2.42. The van der Waals surface area contributed by atoms with Gasteiger partial charge in [0.2, 0.25) is 0 Å². The molecule has 0 N–H and O–H groups in total. The Morgan fingerprint density at radius 3 is 1.88 bits per heavy atom. The first kappa shape index (κ1) is 13.4. The number of hydrogen-bond acceptors (Lipinski definition) is 0. The fraction of sp³-hybridized carbons (Fsp3) is 0.143. The van der Waals surface area contributed by atoms with Gasteiger partial charge in [-0.2, -0.15) is 13.2 Å². The maximum absolute atomic E-state index is 12.6. The second kappa shape index (κ2) is 2.79. The predicted molar refractivity (Wildman–Crippen MR) is 47.6 cm³/mol. The molecule has 0 unspecified atom stereocenters. The molecular formula is C7H4ClF7S. The van der Waals surface area contributed by atoms with Crippen molar-refractivity contribution in [2.45, 2.75) is 11.1 Å². The van der Waals surface area contributed by atoms with Crippen LogP contribution in [0.25, 0.3) is 0 Å². The second-order valence-corrected chi connectivity index (χ2v) is 7.27. The first-order valence-electron chi connectivity index (χ1n) is 3.61. The summed E-state index contributed by atoms with van der Waals surface area (Å²) in [6, 6.07) is 0.640. The normalized spacial score (nSPS) is 17.8. The minimum absolute atomic E-state index is 0.157. The molecule has 0 saturated heterocycles. The summed E-state index contributed by atoms with van der Waals surface area (Å²) in [7, 11) is -5.20. The van der Waals surface area contributed by atoms with Crippen LogP contribution in [0.15, 0.2) is 29.2 Å². The molecule has 0 aromatic heterocycles. The maximum atomic E-state index is 12.6. The van der Waals surface area contributed by atoms with E-state index in [1.807, 2.05) is 0 Å². The fourth-order valence-corrected chi connectivity index (χ4v) is 1.89. The van der Waals surface area contributed by atoms with E-state index in [2.05, 4.69) is 10.7 Å². The molecule has 1 aromatic rings. The smallest absolute Gasteiger partial charge is 0.166 e. The Bertz CT molecular complexity index is 417. The number of hydrogen-bond donors (Lipinski definition) is 0. The van der Waals surface area contributed by atoms with Gasteiger partial charge in [0.15, 0.2) is 0 Å². The molecule has 0 amide bonds. The fourth-order valence-electron chi connectivity index (χ4n) is 0.912. The van der Waals surface area contributed by atoms with E-state index in [9.17, 15) is 28.7 Å². The minimum atomic E-state index is -9.07. The monoisotopic (exact) mass is 288 g/mol. The average Bonchev–Trinajstić information content (AvgIpc) is 1.99. The van der Waals surface area contributed by atoms with Crippen LogP contribution >= 0.6 is 19.7 Å². The van der Waals surface area contributed by atoms with Crippen LogP contribution in [-0.4, -0.2) is 0 Å². The Morgan fingerprint density at radius 2 is 1.50 bits per heavy atom. The van der Waals surface area contributed by atoms with E-state index in [1.54, 1.807) is 0 Å². The summed E-state index contributed by atoms with van der Waals surface area (Å²) in [6.45, 7) is 0. The highest BCUT2D eigenvalue weighted by Gasteiger charge is 2.63. The standard InChI is InChI=1S/C7H4ClF7S/c8-16(12,13,14,15)6-3-1-2-5(4-6)7(9,10)11/h1-4H. The zero-order chi connectivity index (χ0) is 12.9. The highest BCUT2D eigenvalue weighted by Crippen LogP contribution is 3.04. The third kappa shape index (κ3) is 3.18.